The van der Waals surface area contributed by atoms with Crippen LogP contribution in [0.4, 0.5) is 15.8 Å². The van der Waals surface area contributed by atoms with Crippen LogP contribution < -0.4 is 10.0 Å². The first-order valence-corrected chi connectivity index (χ1v) is 7.63. The summed E-state index contributed by atoms with van der Waals surface area (Å²) in [5.74, 6) is -0.698. The van der Waals surface area contributed by atoms with E-state index in [9.17, 15) is 17.6 Å². The number of hydrogen-bond acceptors (Lipinski definition) is 3. The third-order valence-corrected chi connectivity index (χ3v) is 4.47. The van der Waals surface area contributed by atoms with Crippen molar-refractivity contribution in [1.29, 1.82) is 0 Å². The number of hydrogen-bond donors (Lipinski definition) is 2. The average Bonchev–Trinajstić information content (AvgIpc) is 2.77. The molecule has 5 nitrogen and oxygen atoms in total. The predicted molar refractivity (Wildman–Crippen MR) is 76.0 cm³/mol. The van der Waals surface area contributed by atoms with Gasteiger partial charge in [-0.3, -0.25) is 9.52 Å². The van der Waals surface area contributed by atoms with E-state index in [-0.39, 0.29) is 22.9 Å². The van der Waals surface area contributed by atoms with Crippen molar-refractivity contribution in [3.8, 4) is 0 Å². The van der Waals surface area contributed by atoms with Crippen molar-refractivity contribution in [1.82, 2.24) is 0 Å². The van der Waals surface area contributed by atoms with Crippen LogP contribution in [0.2, 0.25) is 0 Å². The van der Waals surface area contributed by atoms with E-state index in [4.69, 9.17) is 0 Å². The number of anilines is 2. The van der Waals surface area contributed by atoms with E-state index in [1.165, 1.54) is 30.3 Å². The molecule has 7 heteroatoms. The summed E-state index contributed by atoms with van der Waals surface area (Å²) in [6, 6.07) is 9.57. The molecule has 2 aromatic rings. The van der Waals surface area contributed by atoms with Crippen molar-refractivity contribution >= 4 is 27.3 Å². The largest absolute Gasteiger partial charge is 0.326 e. The number of carbonyl (C=O) groups is 1. The number of carbonyl (C=O) groups excluding carboxylic acids is 1. The second-order valence-corrected chi connectivity index (χ2v) is 6.34. The zero-order chi connectivity index (χ0) is 15.0. The maximum absolute atomic E-state index is 13.1. The second kappa shape index (κ2) is 4.85. The van der Waals surface area contributed by atoms with E-state index in [0.29, 0.717) is 11.3 Å². The van der Waals surface area contributed by atoms with Gasteiger partial charge in [0.2, 0.25) is 5.91 Å². The third kappa shape index (κ3) is 2.73. The topological polar surface area (TPSA) is 75.3 Å². The highest BCUT2D eigenvalue weighted by Gasteiger charge is 2.21. The Morgan fingerprint density at radius 1 is 1.14 bits per heavy atom. The Hall–Kier alpha value is -2.41. The van der Waals surface area contributed by atoms with Crippen molar-refractivity contribution < 1.29 is 17.6 Å². The molecule has 0 saturated carbocycles. The van der Waals surface area contributed by atoms with Crippen LogP contribution >= 0.6 is 0 Å². The molecule has 0 saturated heterocycles. The van der Waals surface area contributed by atoms with E-state index >= 15 is 0 Å². The van der Waals surface area contributed by atoms with Gasteiger partial charge in [-0.25, -0.2) is 12.8 Å². The van der Waals surface area contributed by atoms with Gasteiger partial charge in [-0.15, -0.1) is 0 Å². The summed E-state index contributed by atoms with van der Waals surface area (Å²) in [5.41, 5.74) is 1.39. The van der Waals surface area contributed by atoms with Crippen LogP contribution in [0.5, 0.6) is 0 Å². The van der Waals surface area contributed by atoms with Gasteiger partial charge in [-0.1, -0.05) is 6.07 Å². The van der Waals surface area contributed by atoms with E-state index in [1.54, 1.807) is 6.07 Å². The van der Waals surface area contributed by atoms with Gasteiger partial charge in [0.15, 0.2) is 0 Å². The van der Waals surface area contributed by atoms with Gasteiger partial charge in [0.1, 0.15) is 5.82 Å². The Morgan fingerprint density at radius 3 is 2.71 bits per heavy atom. The van der Waals surface area contributed by atoms with Gasteiger partial charge in [0, 0.05) is 5.69 Å². The molecule has 108 valence electrons. The molecule has 21 heavy (non-hydrogen) atoms. The average molecular weight is 306 g/mol. The Labute approximate surface area is 120 Å². The van der Waals surface area contributed by atoms with Gasteiger partial charge in [-0.05, 0) is 42.0 Å². The molecule has 1 heterocycles. The van der Waals surface area contributed by atoms with Gasteiger partial charge < -0.3 is 5.32 Å². The minimum atomic E-state index is -3.82. The fourth-order valence-electron chi connectivity index (χ4n) is 2.14. The Morgan fingerprint density at radius 2 is 1.95 bits per heavy atom. The van der Waals surface area contributed by atoms with Crippen LogP contribution in [0.3, 0.4) is 0 Å². The summed E-state index contributed by atoms with van der Waals surface area (Å²) in [4.78, 5) is 11.3. The first-order chi connectivity index (χ1) is 9.94. The molecule has 2 N–H and O–H groups in total. The summed E-state index contributed by atoms with van der Waals surface area (Å²) in [5, 5.41) is 2.63. The molecular formula is C14H11FN2O3S. The minimum absolute atomic E-state index is 0.0296. The number of rotatable bonds is 3. The molecule has 0 fully saturated rings. The Bertz CT molecular complexity index is 834. The zero-order valence-corrected chi connectivity index (χ0v) is 11.6. The molecule has 0 spiro atoms. The fourth-order valence-corrected chi connectivity index (χ4v) is 3.24. The summed E-state index contributed by atoms with van der Waals surface area (Å²) in [7, 11) is -3.82. The summed E-state index contributed by atoms with van der Waals surface area (Å²) in [6.07, 6.45) is 0.151. The second-order valence-electron chi connectivity index (χ2n) is 4.66. The maximum atomic E-state index is 13.1. The summed E-state index contributed by atoms with van der Waals surface area (Å²) in [6.45, 7) is 0. The molecule has 0 bridgehead atoms. The quantitative estimate of drug-likeness (QED) is 0.912. The zero-order valence-electron chi connectivity index (χ0n) is 10.8. The van der Waals surface area contributed by atoms with Crippen LogP contribution in [0.25, 0.3) is 0 Å². The molecule has 0 unspecified atom stereocenters. The third-order valence-electron chi connectivity index (χ3n) is 3.09. The van der Waals surface area contributed by atoms with Gasteiger partial charge in [-0.2, -0.15) is 0 Å². The monoisotopic (exact) mass is 306 g/mol. The lowest BCUT2D eigenvalue weighted by atomic mass is 10.2. The molecular weight excluding hydrogens is 295 g/mol. The van der Waals surface area contributed by atoms with Gasteiger partial charge in [0.05, 0.1) is 17.0 Å². The van der Waals surface area contributed by atoms with E-state index < -0.39 is 15.8 Å². The predicted octanol–water partition coefficient (Wildman–Crippen LogP) is 2.12. The SMILES string of the molecule is O=C1Cc2cc(S(=O)(=O)Nc3cccc(F)c3)ccc2N1. The standard InChI is InChI=1S/C14H11FN2O3S/c15-10-2-1-3-11(8-10)17-21(19,20)12-4-5-13-9(6-12)7-14(18)16-13/h1-6,8,17H,7H2,(H,16,18). The van der Waals surface area contributed by atoms with E-state index in [2.05, 4.69) is 10.0 Å². The fraction of sp³-hybridized carbons (Fsp3) is 0.0714. The summed E-state index contributed by atoms with van der Waals surface area (Å²) < 4.78 is 39.9. The van der Waals surface area contributed by atoms with E-state index in [1.807, 2.05) is 0 Å². The van der Waals surface area contributed by atoms with Crippen molar-refractivity contribution in [2.45, 2.75) is 11.3 Å². The van der Waals surface area contributed by atoms with Crippen molar-refractivity contribution in [2.75, 3.05) is 10.0 Å². The van der Waals surface area contributed by atoms with Crippen LogP contribution in [0, 0.1) is 5.82 Å². The minimum Gasteiger partial charge on any atom is -0.326 e. The van der Waals surface area contributed by atoms with E-state index in [0.717, 1.165) is 6.07 Å². The van der Waals surface area contributed by atoms with Crippen LogP contribution in [-0.2, 0) is 21.2 Å². The highest BCUT2D eigenvalue weighted by Crippen LogP contribution is 2.26. The van der Waals surface area contributed by atoms with Crippen LogP contribution in [-0.4, -0.2) is 14.3 Å². The van der Waals surface area contributed by atoms with Crippen LogP contribution in [0.15, 0.2) is 47.4 Å². The first kappa shape index (κ1) is 13.6. The Balaban J connectivity index is 1.92. The van der Waals surface area contributed by atoms with Crippen molar-refractivity contribution in [2.24, 2.45) is 0 Å². The molecule has 0 aliphatic carbocycles. The smallest absolute Gasteiger partial charge is 0.261 e. The van der Waals surface area contributed by atoms with Gasteiger partial charge >= 0.3 is 0 Å². The first-order valence-electron chi connectivity index (χ1n) is 6.15. The number of fused-ring (bicyclic) bond motifs is 1. The Kier molecular flexibility index (Phi) is 3.13. The number of halogens is 1. The van der Waals surface area contributed by atoms with Gasteiger partial charge in [0.25, 0.3) is 10.0 Å². The van der Waals surface area contributed by atoms with Crippen molar-refractivity contribution in [3.63, 3.8) is 0 Å². The van der Waals surface area contributed by atoms with Crippen molar-refractivity contribution in [3.05, 3.63) is 53.8 Å². The molecule has 1 aliphatic heterocycles. The molecule has 1 aliphatic rings. The molecule has 1 amide bonds. The highest BCUT2D eigenvalue weighted by atomic mass is 32.2. The molecule has 0 aromatic heterocycles. The molecule has 3 rings (SSSR count). The van der Waals surface area contributed by atoms with Crippen LogP contribution in [0.1, 0.15) is 5.56 Å². The highest BCUT2D eigenvalue weighted by molar-refractivity contribution is 7.92. The summed E-state index contributed by atoms with van der Waals surface area (Å²) >= 11 is 0. The molecule has 2 aromatic carbocycles. The maximum Gasteiger partial charge on any atom is 0.261 e. The molecule has 0 radical (unpaired) electrons. The molecule has 0 atom stereocenters. The normalized spacial score (nSPS) is 13.7. The lowest BCUT2D eigenvalue weighted by molar-refractivity contribution is -0.115. The number of sulfonamides is 1. The number of benzene rings is 2. The number of amides is 1. The lowest BCUT2D eigenvalue weighted by Gasteiger charge is -2.09. The lowest BCUT2D eigenvalue weighted by Crippen LogP contribution is -2.13. The number of nitrogens with one attached hydrogen (secondary N) is 2.